The highest BCUT2D eigenvalue weighted by Gasteiger charge is 2.21. The second-order valence-electron chi connectivity index (χ2n) is 6.04. The average molecular weight is 409 g/mol. The minimum Gasteiger partial charge on any atom is -0.491 e. The predicted octanol–water partition coefficient (Wildman–Crippen LogP) is 1.34. The van der Waals surface area contributed by atoms with Crippen LogP contribution in [0.1, 0.15) is 23.7 Å². The van der Waals surface area contributed by atoms with Crippen LogP contribution >= 0.6 is 0 Å². The molecule has 11 heteroatoms. The zero-order valence-corrected chi connectivity index (χ0v) is 16.4. The Kier molecular flexibility index (Phi) is 6.07. The summed E-state index contributed by atoms with van der Waals surface area (Å²) in [6.07, 6.45) is 4.15. The van der Waals surface area contributed by atoms with Crippen LogP contribution in [-0.2, 0) is 6.54 Å². The molecule has 0 aliphatic rings. The molecular formula is C19H19N7O4. The summed E-state index contributed by atoms with van der Waals surface area (Å²) in [4.78, 5) is 37.7. The van der Waals surface area contributed by atoms with Crippen LogP contribution in [0.5, 0.6) is 11.5 Å². The van der Waals surface area contributed by atoms with Crippen LogP contribution in [0.3, 0.4) is 0 Å². The van der Waals surface area contributed by atoms with Gasteiger partial charge in [-0.15, -0.1) is 0 Å². The van der Waals surface area contributed by atoms with E-state index in [4.69, 9.17) is 20.5 Å². The molecule has 0 saturated heterocycles. The lowest BCUT2D eigenvalue weighted by Crippen LogP contribution is -2.27. The third-order valence-electron chi connectivity index (χ3n) is 4.22. The Morgan fingerprint density at radius 1 is 1.37 bits per heavy atom. The quantitative estimate of drug-likeness (QED) is 0.434. The Morgan fingerprint density at radius 2 is 2.10 bits per heavy atom. The number of nitrogen functional groups attached to an aromatic ring is 1. The first-order valence-electron chi connectivity index (χ1n) is 8.98. The van der Waals surface area contributed by atoms with Crippen molar-refractivity contribution >= 4 is 28.4 Å². The summed E-state index contributed by atoms with van der Waals surface area (Å²) in [5.74, 6) is -0.100. The van der Waals surface area contributed by atoms with Crippen molar-refractivity contribution in [2.45, 2.75) is 19.9 Å². The van der Waals surface area contributed by atoms with E-state index in [1.54, 1.807) is 6.92 Å². The number of ether oxygens (including phenoxy) is 2. The van der Waals surface area contributed by atoms with Gasteiger partial charge in [0.1, 0.15) is 18.5 Å². The van der Waals surface area contributed by atoms with Crippen molar-refractivity contribution < 1.29 is 14.3 Å². The van der Waals surface area contributed by atoms with Crippen molar-refractivity contribution in [3.63, 3.8) is 0 Å². The highest BCUT2D eigenvalue weighted by atomic mass is 16.5. The number of rotatable bonds is 7. The summed E-state index contributed by atoms with van der Waals surface area (Å²) in [6.45, 7) is 2.09. The van der Waals surface area contributed by atoms with Crippen molar-refractivity contribution in [1.82, 2.24) is 19.5 Å². The lowest BCUT2D eigenvalue weighted by molar-refractivity contribution is 0.102. The molecule has 0 fully saturated rings. The highest BCUT2D eigenvalue weighted by Crippen LogP contribution is 2.37. The first kappa shape index (κ1) is 20.5. The maximum Gasteiger partial charge on any atom is 0.265 e. The SMILES string of the molecule is CCn1c(NC(=O)c2cncnc2)nc2c(OC)c(OCCC#N)cc(N)c2c1=O. The number of fused-ring (bicyclic) bond motifs is 1. The number of nitrogens with one attached hydrogen (secondary N) is 1. The maximum atomic E-state index is 13.1. The Balaban J connectivity index is 2.17. The maximum absolute atomic E-state index is 13.1. The molecule has 30 heavy (non-hydrogen) atoms. The van der Waals surface area contributed by atoms with Crippen molar-refractivity contribution in [2.24, 2.45) is 0 Å². The van der Waals surface area contributed by atoms with Crippen molar-refractivity contribution in [3.05, 3.63) is 40.7 Å². The molecule has 3 rings (SSSR count). The van der Waals surface area contributed by atoms with E-state index < -0.39 is 11.5 Å². The van der Waals surface area contributed by atoms with Crippen molar-refractivity contribution in [3.8, 4) is 17.6 Å². The minimum atomic E-state index is -0.530. The van der Waals surface area contributed by atoms with E-state index in [1.165, 1.54) is 36.5 Å². The van der Waals surface area contributed by atoms with Crippen LogP contribution < -0.4 is 26.1 Å². The number of nitrogens with two attached hydrogens (primary N) is 1. The van der Waals surface area contributed by atoms with E-state index in [2.05, 4.69) is 20.3 Å². The molecule has 0 aliphatic carbocycles. The monoisotopic (exact) mass is 409 g/mol. The lowest BCUT2D eigenvalue weighted by atomic mass is 10.1. The van der Waals surface area contributed by atoms with Gasteiger partial charge in [0.25, 0.3) is 11.5 Å². The Hall–Kier alpha value is -4.20. The first-order valence-corrected chi connectivity index (χ1v) is 8.98. The topological polar surface area (TPSA) is 158 Å². The number of anilines is 2. The van der Waals surface area contributed by atoms with Crippen LogP contribution in [0.2, 0.25) is 0 Å². The Bertz CT molecular complexity index is 1190. The molecule has 0 atom stereocenters. The number of aromatic nitrogens is 4. The van der Waals surface area contributed by atoms with Gasteiger partial charge in [-0.2, -0.15) is 5.26 Å². The van der Waals surface area contributed by atoms with E-state index in [-0.39, 0.29) is 59.2 Å². The summed E-state index contributed by atoms with van der Waals surface area (Å²) in [5.41, 5.74) is 6.14. The standard InChI is InChI=1S/C19H19N7O4/c1-3-26-18(28)14-12(21)7-13(30-6-4-5-20)16(29-2)15(14)24-19(26)25-17(27)11-8-22-10-23-9-11/h7-10H,3-4,6,21H2,1-2H3,(H,24,25,27). The fourth-order valence-electron chi connectivity index (χ4n) is 2.86. The second-order valence-corrected chi connectivity index (χ2v) is 6.04. The van der Waals surface area contributed by atoms with Gasteiger partial charge in [-0.05, 0) is 6.92 Å². The van der Waals surface area contributed by atoms with Gasteiger partial charge < -0.3 is 15.2 Å². The molecule has 0 spiro atoms. The molecule has 0 radical (unpaired) electrons. The first-order chi connectivity index (χ1) is 14.5. The van der Waals surface area contributed by atoms with Gasteiger partial charge in [0.05, 0.1) is 36.2 Å². The van der Waals surface area contributed by atoms with Crippen LogP contribution in [0.25, 0.3) is 10.9 Å². The third kappa shape index (κ3) is 3.83. The van der Waals surface area contributed by atoms with Gasteiger partial charge in [-0.25, -0.2) is 15.0 Å². The van der Waals surface area contributed by atoms with E-state index in [9.17, 15) is 9.59 Å². The fraction of sp³-hybridized carbons (Fsp3) is 0.263. The van der Waals surface area contributed by atoms with E-state index >= 15 is 0 Å². The fourth-order valence-corrected chi connectivity index (χ4v) is 2.86. The molecule has 2 aromatic heterocycles. The number of carbonyl (C=O) groups excluding carboxylic acids is 1. The minimum absolute atomic E-state index is 0.00993. The zero-order chi connectivity index (χ0) is 21.7. The van der Waals surface area contributed by atoms with Gasteiger partial charge in [-0.1, -0.05) is 0 Å². The predicted molar refractivity (Wildman–Crippen MR) is 108 cm³/mol. The smallest absolute Gasteiger partial charge is 0.265 e. The molecule has 3 N–H and O–H groups in total. The largest absolute Gasteiger partial charge is 0.491 e. The molecule has 0 aliphatic heterocycles. The number of carbonyl (C=O) groups is 1. The van der Waals surface area contributed by atoms with Crippen LogP contribution in [-0.4, -0.2) is 39.1 Å². The molecule has 0 unspecified atom stereocenters. The molecule has 1 amide bonds. The summed E-state index contributed by atoms with van der Waals surface area (Å²) in [6, 6.07) is 3.43. The number of nitrogens with zero attached hydrogens (tertiary/aromatic N) is 5. The van der Waals surface area contributed by atoms with E-state index in [0.29, 0.717) is 0 Å². The van der Waals surface area contributed by atoms with Crippen molar-refractivity contribution in [2.75, 3.05) is 24.8 Å². The Morgan fingerprint density at radius 3 is 2.73 bits per heavy atom. The molecule has 2 heterocycles. The normalized spacial score (nSPS) is 10.4. The van der Waals surface area contributed by atoms with Crippen LogP contribution in [0.4, 0.5) is 11.6 Å². The van der Waals surface area contributed by atoms with Crippen LogP contribution in [0, 0.1) is 11.3 Å². The number of nitriles is 1. The lowest BCUT2D eigenvalue weighted by Gasteiger charge is -2.17. The molecule has 1 aromatic carbocycles. The number of benzene rings is 1. The molecule has 154 valence electrons. The molecule has 3 aromatic rings. The molecule has 0 bridgehead atoms. The van der Waals surface area contributed by atoms with Gasteiger partial charge in [-0.3, -0.25) is 19.5 Å². The van der Waals surface area contributed by atoms with Gasteiger partial charge >= 0.3 is 0 Å². The average Bonchev–Trinajstić information content (AvgIpc) is 2.74. The van der Waals surface area contributed by atoms with E-state index in [1.807, 2.05) is 6.07 Å². The van der Waals surface area contributed by atoms with Gasteiger partial charge in [0, 0.05) is 25.0 Å². The Labute approximate surface area is 171 Å². The second kappa shape index (κ2) is 8.87. The van der Waals surface area contributed by atoms with Crippen molar-refractivity contribution in [1.29, 1.82) is 5.26 Å². The number of methoxy groups -OCH3 is 1. The summed E-state index contributed by atoms with van der Waals surface area (Å²) in [7, 11) is 1.40. The molecular weight excluding hydrogens is 390 g/mol. The van der Waals surface area contributed by atoms with Gasteiger partial charge in [0.2, 0.25) is 5.95 Å². The summed E-state index contributed by atoms with van der Waals surface area (Å²) in [5, 5.41) is 11.5. The number of amides is 1. The summed E-state index contributed by atoms with van der Waals surface area (Å²) < 4.78 is 12.3. The third-order valence-corrected chi connectivity index (χ3v) is 4.22. The molecule has 11 nitrogen and oxygen atoms in total. The zero-order valence-electron chi connectivity index (χ0n) is 16.4. The number of hydrogen-bond acceptors (Lipinski definition) is 9. The number of hydrogen-bond donors (Lipinski definition) is 2. The molecule has 0 saturated carbocycles. The summed E-state index contributed by atoms with van der Waals surface area (Å²) >= 11 is 0. The highest BCUT2D eigenvalue weighted by molar-refractivity contribution is 6.04. The van der Waals surface area contributed by atoms with Gasteiger partial charge in [0.15, 0.2) is 11.5 Å². The van der Waals surface area contributed by atoms with E-state index in [0.717, 1.165) is 0 Å². The van der Waals surface area contributed by atoms with Crippen LogP contribution in [0.15, 0.2) is 29.6 Å².